The van der Waals surface area contributed by atoms with Crippen LogP contribution in [0, 0.1) is 6.92 Å². The van der Waals surface area contributed by atoms with Crippen LogP contribution in [0.3, 0.4) is 0 Å². The lowest BCUT2D eigenvalue weighted by atomic mass is 10.1. The molecular formula is C13H14BF7S. The summed E-state index contributed by atoms with van der Waals surface area (Å²) in [5, 5.41) is 0.761. The van der Waals surface area contributed by atoms with Gasteiger partial charge in [-0.25, -0.2) is 0 Å². The van der Waals surface area contributed by atoms with Crippen molar-refractivity contribution < 1.29 is 30.4 Å². The minimum Gasteiger partial charge on any atom is -0.418 e. The molecule has 0 bridgehead atoms. The highest BCUT2D eigenvalue weighted by Gasteiger charge is 2.48. The highest BCUT2D eigenvalue weighted by molar-refractivity contribution is 7.38. The Morgan fingerprint density at radius 2 is 1.55 bits per heavy atom. The van der Waals surface area contributed by atoms with Gasteiger partial charge in [0, 0.05) is 17.4 Å². The van der Waals surface area contributed by atoms with Crippen molar-refractivity contribution in [1.82, 2.24) is 0 Å². The summed E-state index contributed by atoms with van der Waals surface area (Å²) in [4.78, 5) is 0.502. The van der Waals surface area contributed by atoms with Crippen LogP contribution < -0.4 is 0 Å². The number of thiophene rings is 1. The van der Waals surface area contributed by atoms with E-state index in [2.05, 4.69) is 0 Å². The Balaban J connectivity index is 0.000000422. The van der Waals surface area contributed by atoms with E-state index in [1.54, 1.807) is 18.2 Å². The molecule has 0 N–H and O–H groups in total. The number of benzene rings is 1. The minimum absolute atomic E-state index is 0.0771. The molecule has 0 saturated carbocycles. The highest BCUT2D eigenvalue weighted by Crippen LogP contribution is 2.53. The van der Waals surface area contributed by atoms with E-state index in [0.29, 0.717) is 9.58 Å². The fourth-order valence-electron chi connectivity index (χ4n) is 2.01. The first kappa shape index (κ1) is 18.8. The van der Waals surface area contributed by atoms with Gasteiger partial charge in [0.25, 0.3) is 0 Å². The summed E-state index contributed by atoms with van der Waals surface area (Å²) in [6, 6.07) is 6.89. The standard InChI is InChI=1S/C13H14F3S.BF4/c1-8(2)12-7-10-9(3)5-4-6-11(10)17(12)13(14,15)16;2-1(3,4)5/h4-8H,1-3H3;/q+1;-1. The summed E-state index contributed by atoms with van der Waals surface area (Å²) in [7, 11) is -7.74. The molecule has 1 heterocycles. The zero-order chi connectivity index (χ0) is 17.3. The molecule has 22 heavy (non-hydrogen) atoms. The summed E-state index contributed by atoms with van der Waals surface area (Å²) in [5.41, 5.74) is -3.25. The van der Waals surface area contributed by atoms with Crippen LogP contribution in [0.1, 0.15) is 30.2 Å². The van der Waals surface area contributed by atoms with Gasteiger partial charge >= 0.3 is 12.8 Å². The van der Waals surface area contributed by atoms with Gasteiger partial charge in [0.05, 0.1) is 10.5 Å². The summed E-state index contributed by atoms with van der Waals surface area (Å²) < 4.78 is 78.9. The predicted molar refractivity (Wildman–Crippen MR) is 76.7 cm³/mol. The van der Waals surface area contributed by atoms with E-state index in [1.807, 2.05) is 26.8 Å². The molecule has 2 rings (SSSR count). The second-order valence-corrected chi connectivity index (χ2v) is 6.92. The lowest BCUT2D eigenvalue weighted by Crippen LogP contribution is -2.02. The largest absolute Gasteiger partial charge is 0.673 e. The first-order valence-corrected chi connectivity index (χ1v) is 7.54. The lowest BCUT2D eigenvalue weighted by molar-refractivity contribution is -0.0868. The van der Waals surface area contributed by atoms with Crippen LogP contribution in [0.4, 0.5) is 30.4 Å². The minimum atomic E-state index is -6.00. The van der Waals surface area contributed by atoms with Gasteiger partial charge in [-0.1, -0.05) is 26.0 Å². The molecule has 1 unspecified atom stereocenters. The normalized spacial score (nSPS) is 13.3. The summed E-state index contributed by atoms with van der Waals surface area (Å²) >= 11 is 0. The summed E-state index contributed by atoms with van der Waals surface area (Å²) in [5.74, 6) is -0.0771. The Kier molecular flexibility index (Phi) is 5.54. The van der Waals surface area contributed by atoms with Crippen LogP contribution in [0.15, 0.2) is 24.3 Å². The van der Waals surface area contributed by atoms with Gasteiger partial charge in [-0.3, -0.25) is 0 Å². The van der Waals surface area contributed by atoms with Crippen molar-refractivity contribution in [1.29, 1.82) is 0 Å². The monoisotopic (exact) mass is 346 g/mol. The molecule has 0 nitrogen and oxygen atoms in total. The number of hydrogen-bond donors (Lipinski definition) is 0. The van der Waals surface area contributed by atoms with E-state index in [4.69, 9.17) is 0 Å². The van der Waals surface area contributed by atoms with Crippen LogP contribution in [0.2, 0.25) is 0 Å². The van der Waals surface area contributed by atoms with E-state index in [0.717, 1.165) is 10.9 Å². The quantitative estimate of drug-likeness (QED) is 0.303. The maximum atomic E-state index is 13.2. The Morgan fingerprint density at radius 1 is 1.05 bits per heavy atom. The van der Waals surface area contributed by atoms with Gasteiger partial charge in [0.15, 0.2) is 9.58 Å². The van der Waals surface area contributed by atoms with Crippen LogP contribution in [0.5, 0.6) is 0 Å². The van der Waals surface area contributed by atoms with E-state index >= 15 is 0 Å². The van der Waals surface area contributed by atoms with Gasteiger partial charge < -0.3 is 17.3 Å². The Labute approximate surface area is 126 Å². The lowest BCUT2D eigenvalue weighted by Gasteiger charge is -2.02. The van der Waals surface area contributed by atoms with Crippen molar-refractivity contribution in [3.8, 4) is 0 Å². The van der Waals surface area contributed by atoms with E-state index in [1.165, 1.54) is 0 Å². The number of aryl methyl sites for hydroxylation is 1. The maximum Gasteiger partial charge on any atom is 0.673 e. The molecule has 1 aromatic carbocycles. The number of fused-ring (bicyclic) bond motifs is 1. The van der Waals surface area contributed by atoms with Gasteiger partial charge in [0.1, 0.15) is 0 Å². The third-order valence-corrected chi connectivity index (χ3v) is 5.15. The zero-order valence-electron chi connectivity index (χ0n) is 12.0. The molecule has 2 aromatic rings. The maximum absolute atomic E-state index is 13.2. The molecule has 0 aliphatic heterocycles. The van der Waals surface area contributed by atoms with Crippen LogP contribution in [0.25, 0.3) is 10.1 Å². The van der Waals surface area contributed by atoms with Crippen molar-refractivity contribution in [2.45, 2.75) is 32.2 Å². The molecule has 1 aromatic heterocycles. The SMILES string of the molecule is Cc1cccc2c1cc(C(C)C)[s+]2C(F)(F)F.F[B-](F)(F)F. The Bertz CT molecular complexity index is 634. The third kappa shape index (κ3) is 4.89. The van der Waals surface area contributed by atoms with Crippen molar-refractivity contribution in [3.63, 3.8) is 0 Å². The second kappa shape index (κ2) is 6.48. The molecular weight excluding hydrogens is 332 g/mol. The van der Waals surface area contributed by atoms with Crippen molar-refractivity contribution in [3.05, 3.63) is 34.7 Å². The average Bonchev–Trinajstić information content (AvgIpc) is 2.67. The number of alkyl halides is 3. The van der Waals surface area contributed by atoms with E-state index in [-0.39, 0.29) is 5.92 Å². The fraction of sp³-hybridized carbons (Fsp3) is 0.385. The van der Waals surface area contributed by atoms with E-state index in [9.17, 15) is 30.4 Å². The number of hydrogen-bond acceptors (Lipinski definition) is 0. The van der Waals surface area contributed by atoms with Crippen molar-refractivity contribution in [2.24, 2.45) is 0 Å². The summed E-state index contributed by atoms with van der Waals surface area (Å²) in [6.07, 6.45) is 0. The van der Waals surface area contributed by atoms with Crippen LogP contribution in [-0.2, 0) is 5.51 Å². The van der Waals surface area contributed by atoms with E-state index < -0.39 is 23.2 Å². The van der Waals surface area contributed by atoms with Gasteiger partial charge in [-0.05, 0) is 18.6 Å². The van der Waals surface area contributed by atoms with Crippen molar-refractivity contribution >= 4 is 27.8 Å². The molecule has 0 fully saturated rings. The molecule has 1 atom stereocenters. The number of halogens is 7. The van der Waals surface area contributed by atoms with Gasteiger partial charge in [-0.2, -0.15) is 0 Å². The molecule has 0 aliphatic rings. The van der Waals surface area contributed by atoms with Crippen molar-refractivity contribution in [2.75, 3.05) is 0 Å². The molecule has 0 spiro atoms. The van der Waals surface area contributed by atoms with Crippen LogP contribution >= 0.6 is 10.5 Å². The summed E-state index contributed by atoms with van der Waals surface area (Å²) in [6.45, 7) is 5.49. The third-order valence-electron chi connectivity index (χ3n) is 2.83. The molecule has 0 radical (unpaired) electrons. The molecule has 0 aliphatic carbocycles. The molecule has 124 valence electrons. The zero-order valence-corrected chi connectivity index (χ0v) is 12.8. The molecule has 9 heteroatoms. The fourth-order valence-corrected chi connectivity index (χ4v) is 4.14. The molecule has 0 amide bonds. The average molecular weight is 346 g/mol. The highest BCUT2D eigenvalue weighted by atomic mass is 32.2. The first-order chi connectivity index (χ1) is 9.82. The Morgan fingerprint density at radius 3 is 1.95 bits per heavy atom. The van der Waals surface area contributed by atoms with Gasteiger partial charge in [0.2, 0.25) is 0 Å². The predicted octanol–water partition coefficient (Wildman–Crippen LogP) is 6.80. The Hall–Kier alpha value is -1.25. The molecule has 0 saturated heterocycles. The second-order valence-electron chi connectivity index (χ2n) is 4.93. The topological polar surface area (TPSA) is 0 Å². The number of rotatable bonds is 1. The van der Waals surface area contributed by atoms with Crippen LogP contribution in [-0.4, -0.2) is 7.25 Å². The van der Waals surface area contributed by atoms with Gasteiger partial charge in [-0.15, -0.1) is 13.2 Å². The first-order valence-electron chi connectivity index (χ1n) is 6.32. The smallest absolute Gasteiger partial charge is 0.418 e.